The monoisotopic (exact) mass is 377 g/mol. The van der Waals surface area contributed by atoms with Gasteiger partial charge >= 0.3 is 0 Å². The summed E-state index contributed by atoms with van der Waals surface area (Å²) in [5.41, 5.74) is 8.41. The summed E-state index contributed by atoms with van der Waals surface area (Å²) in [6.07, 6.45) is 9.81. The van der Waals surface area contributed by atoms with Crippen molar-refractivity contribution in [2.75, 3.05) is 14.2 Å². The topological polar surface area (TPSA) is 54.5 Å². The highest BCUT2D eigenvalue weighted by molar-refractivity contribution is 6.29. The molecular weight excluding hydrogens is 350 g/mol. The van der Waals surface area contributed by atoms with Gasteiger partial charge in [-0.05, 0) is 36.1 Å². The fourth-order valence-corrected chi connectivity index (χ4v) is 3.79. The first-order chi connectivity index (χ1) is 12.7. The van der Waals surface area contributed by atoms with Crippen molar-refractivity contribution < 1.29 is 9.47 Å². The van der Waals surface area contributed by atoms with Crippen LogP contribution in [-0.4, -0.2) is 14.2 Å². The van der Waals surface area contributed by atoms with Crippen LogP contribution >= 0.6 is 11.6 Å². The molecule has 0 aromatic heterocycles. The molecule has 1 heterocycles. The van der Waals surface area contributed by atoms with Crippen LogP contribution in [0.3, 0.4) is 0 Å². The van der Waals surface area contributed by atoms with E-state index in [1.165, 1.54) is 37.7 Å². The van der Waals surface area contributed by atoms with Crippen molar-refractivity contribution in [1.29, 1.82) is 0 Å². The summed E-state index contributed by atoms with van der Waals surface area (Å²) in [4.78, 5) is 0. The molecular formula is C20H28ClN3O2. The van der Waals surface area contributed by atoms with E-state index in [1.807, 2.05) is 18.2 Å². The van der Waals surface area contributed by atoms with Crippen molar-refractivity contribution in [2.24, 2.45) is 5.92 Å². The van der Waals surface area contributed by atoms with Crippen LogP contribution in [0.4, 0.5) is 0 Å². The van der Waals surface area contributed by atoms with Crippen molar-refractivity contribution in [3.63, 3.8) is 0 Å². The Morgan fingerprint density at radius 1 is 1.12 bits per heavy atom. The maximum Gasteiger partial charge on any atom is 0.127 e. The summed E-state index contributed by atoms with van der Waals surface area (Å²) in [6, 6.07) is 5.84. The van der Waals surface area contributed by atoms with E-state index in [4.69, 9.17) is 21.1 Å². The number of halogens is 1. The van der Waals surface area contributed by atoms with Gasteiger partial charge in [-0.15, -0.1) is 0 Å². The minimum atomic E-state index is 0.641. The van der Waals surface area contributed by atoms with E-state index < -0.39 is 0 Å². The molecule has 26 heavy (non-hydrogen) atoms. The highest BCUT2D eigenvalue weighted by Gasteiger charge is 2.18. The molecule has 0 unspecified atom stereocenters. The molecule has 1 saturated carbocycles. The molecule has 1 fully saturated rings. The molecule has 142 valence electrons. The third kappa shape index (κ3) is 4.79. The Morgan fingerprint density at radius 3 is 2.65 bits per heavy atom. The standard InChI is InChI=1S/C20H28ClN3O2/c1-25-17-9-8-15(18(12-17)26-2)13-22-19-11-16(20(21)24-23-19)10-14-6-4-3-5-7-14/h8-9,11-12,14,22-24H,3-7,10,13H2,1-2H3. The summed E-state index contributed by atoms with van der Waals surface area (Å²) in [5.74, 6) is 3.24. The highest BCUT2D eigenvalue weighted by atomic mass is 35.5. The van der Waals surface area contributed by atoms with Gasteiger partial charge in [0.15, 0.2) is 0 Å². The van der Waals surface area contributed by atoms with Gasteiger partial charge in [0, 0.05) is 18.2 Å². The lowest BCUT2D eigenvalue weighted by atomic mass is 9.84. The lowest BCUT2D eigenvalue weighted by Gasteiger charge is -2.26. The Labute approximate surface area is 160 Å². The SMILES string of the molecule is COc1ccc(CNC2=CC(CC3CCCCC3)=C(Cl)NN2)c(OC)c1. The van der Waals surface area contributed by atoms with E-state index in [0.29, 0.717) is 11.7 Å². The largest absolute Gasteiger partial charge is 0.497 e. The van der Waals surface area contributed by atoms with Gasteiger partial charge in [0.2, 0.25) is 0 Å². The summed E-state index contributed by atoms with van der Waals surface area (Å²) < 4.78 is 10.7. The number of hydrogen-bond donors (Lipinski definition) is 3. The minimum Gasteiger partial charge on any atom is -0.497 e. The summed E-state index contributed by atoms with van der Waals surface area (Å²) in [7, 11) is 3.32. The van der Waals surface area contributed by atoms with Crippen LogP contribution in [0.1, 0.15) is 44.1 Å². The van der Waals surface area contributed by atoms with Crippen molar-refractivity contribution in [1.82, 2.24) is 16.2 Å². The second-order valence-corrected chi connectivity index (χ2v) is 7.26. The second-order valence-electron chi connectivity index (χ2n) is 6.89. The summed E-state index contributed by atoms with van der Waals surface area (Å²) >= 11 is 6.37. The van der Waals surface area contributed by atoms with Crippen LogP contribution in [0.25, 0.3) is 0 Å². The molecule has 0 amide bonds. The molecule has 5 nitrogen and oxygen atoms in total. The van der Waals surface area contributed by atoms with Gasteiger partial charge in [0.25, 0.3) is 0 Å². The van der Waals surface area contributed by atoms with Crippen molar-refractivity contribution >= 4 is 11.6 Å². The van der Waals surface area contributed by atoms with Crippen molar-refractivity contribution in [3.8, 4) is 11.5 Å². The van der Waals surface area contributed by atoms with Crippen LogP contribution < -0.4 is 25.6 Å². The molecule has 0 radical (unpaired) electrons. The van der Waals surface area contributed by atoms with Crippen LogP contribution in [0.15, 0.2) is 40.8 Å². The number of nitrogens with one attached hydrogen (secondary N) is 3. The van der Waals surface area contributed by atoms with E-state index >= 15 is 0 Å². The molecule has 1 aliphatic carbocycles. The molecule has 0 spiro atoms. The Morgan fingerprint density at radius 2 is 1.92 bits per heavy atom. The number of benzene rings is 1. The first-order valence-corrected chi connectivity index (χ1v) is 9.64. The van der Waals surface area contributed by atoms with Crippen LogP contribution in [-0.2, 0) is 6.54 Å². The average molecular weight is 378 g/mol. The van der Waals surface area contributed by atoms with Gasteiger partial charge in [-0.1, -0.05) is 43.7 Å². The first-order valence-electron chi connectivity index (χ1n) is 9.26. The zero-order valence-corrected chi connectivity index (χ0v) is 16.3. The average Bonchev–Trinajstić information content (AvgIpc) is 2.69. The number of rotatable bonds is 7. The lowest BCUT2D eigenvalue weighted by molar-refractivity contribution is 0.356. The zero-order valence-electron chi connectivity index (χ0n) is 15.5. The number of hydrazine groups is 1. The van der Waals surface area contributed by atoms with Gasteiger partial charge in [0.05, 0.1) is 14.2 Å². The molecule has 6 heteroatoms. The van der Waals surface area contributed by atoms with E-state index in [9.17, 15) is 0 Å². The Bertz CT molecular complexity index is 682. The lowest BCUT2D eigenvalue weighted by Crippen LogP contribution is -2.38. The molecule has 0 atom stereocenters. The van der Waals surface area contributed by atoms with Crippen molar-refractivity contribution in [3.05, 3.63) is 46.4 Å². The van der Waals surface area contributed by atoms with Gasteiger partial charge in [-0.3, -0.25) is 10.9 Å². The van der Waals surface area contributed by atoms with Crippen LogP contribution in [0.5, 0.6) is 11.5 Å². The Balaban J connectivity index is 1.63. The summed E-state index contributed by atoms with van der Waals surface area (Å²) in [5, 5.41) is 4.11. The number of ether oxygens (including phenoxy) is 2. The maximum absolute atomic E-state index is 6.37. The van der Waals surface area contributed by atoms with Gasteiger partial charge in [-0.25, -0.2) is 0 Å². The molecule has 0 saturated heterocycles. The molecule has 0 bridgehead atoms. The van der Waals surface area contributed by atoms with E-state index in [-0.39, 0.29) is 0 Å². The third-order valence-electron chi connectivity index (χ3n) is 5.10. The van der Waals surface area contributed by atoms with Crippen molar-refractivity contribution in [2.45, 2.75) is 45.1 Å². The van der Waals surface area contributed by atoms with E-state index in [2.05, 4.69) is 22.2 Å². The highest BCUT2D eigenvalue weighted by Crippen LogP contribution is 2.31. The molecule has 3 rings (SSSR count). The second kappa shape index (κ2) is 9.08. The Kier molecular flexibility index (Phi) is 6.56. The number of hydrogen-bond acceptors (Lipinski definition) is 5. The zero-order chi connectivity index (χ0) is 18.4. The molecule has 1 aliphatic heterocycles. The van der Waals surface area contributed by atoms with Crippen LogP contribution in [0, 0.1) is 5.92 Å². The fraction of sp³-hybridized carbons (Fsp3) is 0.500. The smallest absolute Gasteiger partial charge is 0.127 e. The van der Waals surface area contributed by atoms with E-state index in [0.717, 1.165) is 35.2 Å². The maximum atomic E-state index is 6.37. The molecule has 1 aromatic rings. The molecule has 1 aromatic carbocycles. The third-order valence-corrected chi connectivity index (χ3v) is 5.44. The normalized spacial score (nSPS) is 17.9. The summed E-state index contributed by atoms with van der Waals surface area (Å²) in [6.45, 7) is 0.641. The van der Waals surface area contributed by atoms with Gasteiger partial charge < -0.3 is 14.8 Å². The van der Waals surface area contributed by atoms with Gasteiger partial charge in [-0.2, -0.15) is 0 Å². The number of allylic oxidation sites excluding steroid dienone is 2. The number of methoxy groups -OCH3 is 2. The first kappa shape index (κ1) is 18.8. The predicted molar refractivity (Wildman–Crippen MR) is 105 cm³/mol. The quantitative estimate of drug-likeness (QED) is 0.623. The predicted octanol–water partition coefficient (Wildman–Crippen LogP) is 4.16. The van der Waals surface area contributed by atoms with Gasteiger partial charge in [0.1, 0.15) is 22.5 Å². The van der Waals surface area contributed by atoms with Crippen LogP contribution in [0.2, 0.25) is 0 Å². The fourth-order valence-electron chi connectivity index (χ4n) is 3.61. The molecule has 3 N–H and O–H groups in total. The Hall–Kier alpha value is -2.01. The van der Waals surface area contributed by atoms with E-state index in [1.54, 1.807) is 14.2 Å². The minimum absolute atomic E-state index is 0.641. The molecule has 2 aliphatic rings.